The van der Waals surface area contributed by atoms with Crippen LogP contribution >= 0.6 is 11.6 Å². The molecule has 1 aromatic heterocycles. The van der Waals surface area contributed by atoms with Crippen molar-refractivity contribution in [2.75, 3.05) is 32.8 Å². The molecule has 1 fully saturated rings. The maximum Gasteiger partial charge on any atom is 0.295 e. The molecule has 0 saturated carbocycles. The minimum Gasteiger partial charge on any atom is -0.507 e. The van der Waals surface area contributed by atoms with E-state index in [2.05, 4.69) is 4.90 Å². The van der Waals surface area contributed by atoms with E-state index in [1.807, 2.05) is 20.8 Å². The lowest BCUT2D eigenvalue weighted by molar-refractivity contribution is -0.140. The van der Waals surface area contributed by atoms with Crippen molar-refractivity contribution >= 4 is 29.1 Å². The van der Waals surface area contributed by atoms with Gasteiger partial charge < -0.3 is 24.1 Å². The number of hydrogen-bond donors (Lipinski definition) is 1. The van der Waals surface area contributed by atoms with Gasteiger partial charge in [0.05, 0.1) is 23.5 Å². The normalized spacial score (nSPS) is 18.2. The largest absolute Gasteiger partial charge is 0.507 e. The molecule has 0 radical (unpaired) electrons. The number of ketones is 1. The molecule has 1 unspecified atom stereocenters. The highest BCUT2D eigenvalue weighted by Crippen LogP contribution is 2.40. The molecule has 1 aliphatic heterocycles. The van der Waals surface area contributed by atoms with Gasteiger partial charge in [-0.3, -0.25) is 9.59 Å². The summed E-state index contributed by atoms with van der Waals surface area (Å²) < 4.78 is 11.0. The zero-order valence-corrected chi connectivity index (χ0v) is 18.7. The first-order valence-electron chi connectivity index (χ1n) is 10.4. The SMILES string of the molecule is CCOc1ccc(C(O)=C2C(=O)C(=O)N(CCN(CC)CC)C2c2ccco2)cc1Cl. The maximum absolute atomic E-state index is 13.0. The lowest BCUT2D eigenvalue weighted by Crippen LogP contribution is -2.37. The van der Waals surface area contributed by atoms with Gasteiger partial charge in [0.1, 0.15) is 23.3 Å². The summed E-state index contributed by atoms with van der Waals surface area (Å²) in [6.45, 7) is 8.96. The van der Waals surface area contributed by atoms with Gasteiger partial charge >= 0.3 is 0 Å². The van der Waals surface area contributed by atoms with Crippen LogP contribution in [0.2, 0.25) is 5.02 Å². The summed E-state index contributed by atoms with van der Waals surface area (Å²) in [6, 6.07) is 7.32. The highest BCUT2D eigenvalue weighted by molar-refractivity contribution is 6.46. The summed E-state index contributed by atoms with van der Waals surface area (Å²) in [5, 5.41) is 11.3. The second kappa shape index (κ2) is 10.0. The molecule has 0 bridgehead atoms. The molecule has 2 heterocycles. The quantitative estimate of drug-likeness (QED) is 0.355. The second-order valence-electron chi connectivity index (χ2n) is 7.11. The number of amides is 1. The number of aliphatic hydroxyl groups is 1. The van der Waals surface area contributed by atoms with Crippen molar-refractivity contribution in [1.82, 2.24) is 9.80 Å². The van der Waals surface area contributed by atoms with Gasteiger partial charge in [0, 0.05) is 18.7 Å². The van der Waals surface area contributed by atoms with Crippen molar-refractivity contribution in [3.8, 4) is 5.75 Å². The van der Waals surface area contributed by atoms with Crippen LogP contribution in [0, 0.1) is 0 Å². The van der Waals surface area contributed by atoms with Crippen molar-refractivity contribution < 1.29 is 23.8 Å². The van der Waals surface area contributed by atoms with Crippen LogP contribution in [-0.2, 0) is 9.59 Å². The van der Waals surface area contributed by atoms with Crippen LogP contribution in [0.3, 0.4) is 0 Å². The predicted molar refractivity (Wildman–Crippen MR) is 118 cm³/mol. The van der Waals surface area contributed by atoms with Crippen LogP contribution in [0.5, 0.6) is 5.75 Å². The third-order valence-electron chi connectivity index (χ3n) is 5.41. The minimum absolute atomic E-state index is 0.0141. The van der Waals surface area contributed by atoms with Crippen LogP contribution in [0.1, 0.15) is 38.1 Å². The van der Waals surface area contributed by atoms with Crippen molar-refractivity contribution in [2.45, 2.75) is 26.8 Å². The lowest BCUT2D eigenvalue weighted by atomic mass is 9.99. The van der Waals surface area contributed by atoms with Gasteiger partial charge in [0.25, 0.3) is 11.7 Å². The topological polar surface area (TPSA) is 83.2 Å². The Hall–Kier alpha value is -2.77. The van der Waals surface area contributed by atoms with E-state index in [0.717, 1.165) is 13.1 Å². The van der Waals surface area contributed by atoms with E-state index in [4.69, 9.17) is 20.8 Å². The molecule has 1 atom stereocenters. The third kappa shape index (κ3) is 4.62. The number of Topliss-reactive ketones (excluding diaryl/α,β-unsaturated/α-hetero) is 1. The molecule has 31 heavy (non-hydrogen) atoms. The van der Waals surface area contributed by atoms with Crippen molar-refractivity contribution in [3.63, 3.8) is 0 Å². The molecule has 2 aromatic rings. The number of carbonyl (C=O) groups excluding carboxylic acids is 2. The minimum atomic E-state index is -0.809. The number of nitrogens with zero attached hydrogens (tertiary/aromatic N) is 2. The number of likely N-dealkylation sites (tertiary alicyclic amines) is 1. The first-order valence-corrected chi connectivity index (χ1v) is 10.8. The van der Waals surface area contributed by atoms with Crippen LogP contribution < -0.4 is 4.74 Å². The fraction of sp³-hybridized carbons (Fsp3) is 0.391. The number of benzene rings is 1. The highest BCUT2D eigenvalue weighted by atomic mass is 35.5. The van der Waals surface area contributed by atoms with Gasteiger partial charge in [0.2, 0.25) is 0 Å². The lowest BCUT2D eigenvalue weighted by Gasteiger charge is -2.26. The summed E-state index contributed by atoms with van der Waals surface area (Å²) in [5.74, 6) is -0.814. The summed E-state index contributed by atoms with van der Waals surface area (Å²) in [5.41, 5.74) is 0.312. The van der Waals surface area contributed by atoms with Gasteiger partial charge in [-0.2, -0.15) is 0 Å². The molecule has 0 aliphatic carbocycles. The Morgan fingerprint density at radius 1 is 1.23 bits per heavy atom. The van der Waals surface area contributed by atoms with Crippen molar-refractivity contribution in [3.05, 3.63) is 58.5 Å². The van der Waals surface area contributed by atoms with E-state index in [0.29, 0.717) is 41.8 Å². The van der Waals surface area contributed by atoms with E-state index in [1.165, 1.54) is 17.2 Å². The van der Waals surface area contributed by atoms with E-state index in [1.54, 1.807) is 24.3 Å². The van der Waals surface area contributed by atoms with Crippen LogP contribution in [-0.4, -0.2) is 59.4 Å². The van der Waals surface area contributed by atoms with E-state index >= 15 is 0 Å². The Labute approximate surface area is 186 Å². The fourth-order valence-electron chi connectivity index (χ4n) is 3.72. The summed E-state index contributed by atoms with van der Waals surface area (Å²) in [6.07, 6.45) is 1.48. The molecule has 7 nitrogen and oxygen atoms in total. The molecule has 1 amide bonds. The number of aliphatic hydroxyl groups excluding tert-OH is 1. The summed E-state index contributed by atoms with van der Waals surface area (Å²) >= 11 is 6.26. The third-order valence-corrected chi connectivity index (χ3v) is 5.70. The number of furan rings is 1. The van der Waals surface area contributed by atoms with Gasteiger partial charge in [0.15, 0.2) is 0 Å². The van der Waals surface area contributed by atoms with E-state index in [-0.39, 0.29) is 11.3 Å². The maximum atomic E-state index is 13.0. The van der Waals surface area contributed by atoms with Crippen LogP contribution in [0.15, 0.2) is 46.6 Å². The smallest absolute Gasteiger partial charge is 0.295 e. The van der Waals surface area contributed by atoms with Gasteiger partial charge in [-0.1, -0.05) is 25.4 Å². The van der Waals surface area contributed by atoms with E-state index < -0.39 is 17.7 Å². The molecular weight excluding hydrogens is 420 g/mol. The molecule has 8 heteroatoms. The average Bonchev–Trinajstić information content (AvgIpc) is 3.38. The standard InChI is InChI=1S/C23H27ClN2O5/c1-4-25(5-2)11-12-26-20(18-8-7-13-31-18)19(22(28)23(26)29)21(27)15-9-10-17(30-6-3)16(24)14-15/h7-10,13-14,20,27H,4-6,11-12H2,1-3H3. The number of rotatable bonds is 9. The molecule has 1 aliphatic rings. The molecule has 166 valence electrons. The van der Waals surface area contributed by atoms with Gasteiger partial charge in [-0.15, -0.1) is 0 Å². The average molecular weight is 447 g/mol. The summed E-state index contributed by atoms with van der Waals surface area (Å²) in [7, 11) is 0. The number of carbonyl (C=O) groups is 2. The van der Waals surface area contributed by atoms with Gasteiger partial charge in [-0.25, -0.2) is 0 Å². The first-order chi connectivity index (χ1) is 14.9. The highest BCUT2D eigenvalue weighted by Gasteiger charge is 2.47. The number of ether oxygens (including phenoxy) is 1. The Morgan fingerprint density at radius 2 is 1.97 bits per heavy atom. The Bertz CT molecular complexity index is 966. The van der Waals surface area contributed by atoms with E-state index in [9.17, 15) is 14.7 Å². The molecular formula is C23H27ClN2O5. The molecule has 1 aromatic carbocycles. The first kappa shape index (κ1) is 22.9. The number of hydrogen-bond acceptors (Lipinski definition) is 6. The van der Waals surface area contributed by atoms with Crippen molar-refractivity contribution in [2.24, 2.45) is 0 Å². The number of halogens is 1. The molecule has 3 rings (SSSR count). The molecule has 0 spiro atoms. The van der Waals surface area contributed by atoms with Crippen molar-refractivity contribution in [1.29, 1.82) is 0 Å². The Morgan fingerprint density at radius 3 is 2.55 bits per heavy atom. The Kier molecular flexibility index (Phi) is 7.41. The zero-order chi connectivity index (χ0) is 22.5. The zero-order valence-electron chi connectivity index (χ0n) is 17.9. The second-order valence-corrected chi connectivity index (χ2v) is 7.52. The predicted octanol–water partition coefficient (Wildman–Crippen LogP) is 4.10. The van der Waals surface area contributed by atoms with Crippen LogP contribution in [0.4, 0.5) is 0 Å². The van der Waals surface area contributed by atoms with Crippen LogP contribution in [0.25, 0.3) is 5.76 Å². The fourth-order valence-corrected chi connectivity index (χ4v) is 3.95. The Balaban J connectivity index is 2.03. The number of likely N-dealkylation sites (N-methyl/N-ethyl adjacent to an activating group) is 1. The monoisotopic (exact) mass is 446 g/mol. The van der Waals surface area contributed by atoms with Gasteiger partial charge in [-0.05, 0) is 50.3 Å². The summed E-state index contributed by atoms with van der Waals surface area (Å²) in [4.78, 5) is 29.4. The molecule has 1 saturated heterocycles. The molecule has 1 N–H and O–H groups in total.